The van der Waals surface area contributed by atoms with E-state index in [0.717, 1.165) is 63.8 Å². The van der Waals surface area contributed by atoms with Crippen molar-refractivity contribution in [3.63, 3.8) is 0 Å². The van der Waals surface area contributed by atoms with Crippen LogP contribution in [0.4, 0.5) is 4.39 Å². The summed E-state index contributed by atoms with van der Waals surface area (Å²) >= 11 is 0. The van der Waals surface area contributed by atoms with Crippen LogP contribution >= 0.6 is 0 Å². The Morgan fingerprint density at radius 1 is 1.20 bits per heavy atom. The van der Waals surface area contributed by atoms with Gasteiger partial charge in [0.05, 0.1) is 5.69 Å². The van der Waals surface area contributed by atoms with Gasteiger partial charge in [-0.1, -0.05) is 39.3 Å². The first kappa shape index (κ1) is 29.2. The predicted octanol–water partition coefficient (Wildman–Crippen LogP) is 5.88. The maximum atomic E-state index is 14.3. The first-order valence-corrected chi connectivity index (χ1v) is 15.7. The zero-order valence-corrected chi connectivity index (χ0v) is 25.2. The van der Waals surface area contributed by atoms with E-state index in [9.17, 15) is 14.3 Å². The maximum Gasteiger partial charge on any atom is 0.321 e. The van der Waals surface area contributed by atoms with E-state index < -0.39 is 12.0 Å². The number of carbonyl (C=O) groups is 1. The van der Waals surface area contributed by atoms with Gasteiger partial charge in [0, 0.05) is 30.2 Å². The minimum absolute atomic E-state index is 0.0774. The highest BCUT2D eigenvalue weighted by Gasteiger charge is 2.47. The van der Waals surface area contributed by atoms with Crippen molar-refractivity contribution >= 4 is 5.97 Å². The number of piperidine rings is 1. The second kappa shape index (κ2) is 11.9. The molecule has 1 spiro atoms. The molecule has 5 atom stereocenters. The van der Waals surface area contributed by atoms with Gasteiger partial charge >= 0.3 is 5.97 Å². The molecule has 5 rings (SSSR count). The number of hydrogen-bond donors (Lipinski definition) is 1. The topological polar surface area (TPSA) is 61.6 Å². The van der Waals surface area contributed by atoms with Crippen molar-refractivity contribution in [3.8, 4) is 0 Å². The first-order chi connectivity index (χ1) is 19.2. The minimum atomic E-state index is -0.739. The summed E-state index contributed by atoms with van der Waals surface area (Å²) in [6.07, 6.45) is 8.42. The Labute approximate surface area is 239 Å². The van der Waals surface area contributed by atoms with Crippen LogP contribution in [-0.2, 0) is 29.6 Å². The molecule has 1 aromatic carbocycles. The molecular weight excluding hydrogens is 503 g/mol. The van der Waals surface area contributed by atoms with Crippen LogP contribution < -0.4 is 0 Å². The average Bonchev–Trinajstić information content (AvgIpc) is 3.64. The average molecular weight is 553 g/mol. The molecule has 2 heterocycles. The first-order valence-electron chi connectivity index (χ1n) is 15.7. The van der Waals surface area contributed by atoms with Gasteiger partial charge in [0.15, 0.2) is 0 Å². The molecule has 1 saturated carbocycles. The number of hydrogen-bond acceptors (Lipinski definition) is 4. The number of likely N-dealkylation sites (N-methyl/N-ethyl adjacent to an activating group) is 1. The highest BCUT2D eigenvalue weighted by Crippen LogP contribution is 2.49. The lowest BCUT2D eigenvalue weighted by Crippen LogP contribution is -2.48. The molecule has 6 nitrogen and oxygen atoms in total. The predicted molar refractivity (Wildman–Crippen MR) is 157 cm³/mol. The SMILES string of the molecule is CCc1nn(CC)c2c1CCC21CCN(C[C@H]2C[C@H](N(C)[C@@H](C(=O)O)C(C)CC)C[C@@H]2c2cccc(F)c2)CC1. The molecule has 0 radical (unpaired) electrons. The van der Waals surface area contributed by atoms with E-state index in [4.69, 9.17) is 5.10 Å². The molecule has 3 aliphatic rings. The molecule has 2 fully saturated rings. The molecule has 2 aliphatic carbocycles. The fraction of sp³-hybridized carbons (Fsp3) is 0.697. The summed E-state index contributed by atoms with van der Waals surface area (Å²) in [4.78, 5) is 17.0. The van der Waals surface area contributed by atoms with Gasteiger partial charge in [0.1, 0.15) is 11.9 Å². The van der Waals surface area contributed by atoms with E-state index in [0.29, 0.717) is 5.92 Å². The second-order valence-corrected chi connectivity index (χ2v) is 12.9. The van der Waals surface area contributed by atoms with Crippen molar-refractivity contribution in [2.24, 2.45) is 11.8 Å². The fourth-order valence-electron chi connectivity index (χ4n) is 8.43. The zero-order chi connectivity index (χ0) is 28.6. The van der Waals surface area contributed by atoms with E-state index in [1.807, 2.05) is 20.0 Å². The summed E-state index contributed by atoms with van der Waals surface area (Å²) in [7, 11) is 1.99. The van der Waals surface area contributed by atoms with Gasteiger partial charge in [-0.25, -0.2) is 4.39 Å². The van der Waals surface area contributed by atoms with E-state index in [1.54, 1.807) is 6.07 Å². The zero-order valence-electron chi connectivity index (χ0n) is 25.2. The number of aryl methyl sites for hydroxylation is 2. The van der Waals surface area contributed by atoms with Crippen LogP contribution in [0, 0.1) is 17.7 Å². The second-order valence-electron chi connectivity index (χ2n) is 12.9. The molecule has 1 unspecified atom stereocenters. The number of carboxylic acid groups (broad SMARTS) is 1. The number of benzene rings is 1. The third kappa shape index (κ3) is 5.36. The van der Waals surface area contributed by atoms with Crippen LogP contribution in [0.3, 0.4) is 0 Å². The molecule has 1 aliphatic heterocycles. The van der Waals surface area contributed by atoms with Gasteiger partial charge < -0.3 is 10.0 Å². The Balaban J connectivity index is 1.32. The monoisotopic (exact) mass is 552 g/mol. The van der Waals surface area contributed by atoms with Crippen molar-refractivity contribution in [3.05, 3.63) is 52.6 Å². The number of fused-ring (bicyclic) bond motifs is 2. The molecule has 1 N–H and O–H groups in total. The van der Waals surface area contributed by atoms with Crippen LogP contribution in [-0.4, -0.2) is 69.4 Å². The summed E-state index contributed by atoms with van der Waals surface area (Å²) in [5, 5.41) is 15.0. The number of likely N-dealkylation sites (tertiary alicyclic amines) is 1. The van der Waals surface area contributed by atoms with Gasteiger partial charge in [0.2, 0.25) is 0 Å². The molecule has 0 amide bonds. The van der Waals surface area contributed by atoms with Crippen molar-refractivity contribution in [1.82, 2.24) is 19.6 Å². The van der Waals surface area contributed by atoms with Gasteiger partial charge in [-0.15, -0.1) is 0 Å². The number of aliphatic carboxylic acids is 1. The smallest absolute Gasteiger partial charge is 0.321 e. The summed E-state index contributed by atoms with van der Waals surface area (Å²) in [6.45, 7) is 12.6. The number of carboxylic acids is 1. The largest absolute Gasteiger partial charge is 0.480 e. The molecule has 40 heavy (non-hydrogen) atoms. The minimum Gasteiger partial charge on any atom is -0.480 e. The Bertz CT molecular complexity index is 1190. The lowest BCUT2D eigenvalue weighted by atomic mass is 9.75. The third-order valence-corrected chi connectivity index (χ3v) is 10.8. The quantitative estimate of drug-likeness (QED) is 0.399. The Kier molecular flexibility index (Phi) is 8.72. The van der Waals surface area contributed by atoms with Crippen molar-refractivity contribution < 1.29 is 14.3 Å². The Morgan fingerprint density at radius 3 is 2.58 bits per heavy atom. The van der Waals surface area contributed by atoms with Crippen molar-refractivity contribution in [1.29, 1.82) is 0 Å². The van der Waals surface area contributed by atoms with E-state index in [2.05, 4.69) is 41.3 Å². The van der Waals surface area contributed by atoms with E-state index >= 15 is 0 Å². The van der Waals surface area contributed by atoms with Crippen LogP contribution in [0.15, 0.2) is 24.3 Å². The fourth-order valence-corrected chi connectivity index (χ4v) is 8.43. The number of nitrogens with zero attached hydrogens (tertiary/aromatic N) is 4. The van der Waals surface area contributed by atoms with E-state index in [1.165, 1.54) is 42.3 Å². The van der Waals surface area contributed by atoms with Gasteiger partial charge in [-0.05, 0) is 113 Å². The molecule has 220 valence electrons. The van der Waals surface area contributed by atoms with Crippen molar-refractivity contribution in [2.75, 3.05) is 26.7 Å². The number of rotatable bonds is 10. The van der Waals surface area contributed by atoms with Crippen LogP contribution in [0.5, 0.6) is 0 Å². The summed E-state index contributed by atoms with van der Waals surface area (Å²) in [6, 6.07) is 6.78. The highest BCUT2D eigenvalue weighted by atomic mass is 19.1. The molecule has 0 bridgehead atoms. The molecule has 7 heteroatoms. The molecule has 1 saturated heterocycles. The number of aromatic nitrogens is 2. The lowest BCUT2D eigenvalue weighted by molar-refractivity contribution is -0.145. The van der Waals surface area contributed by atoms with E-state index in [-0.39, 0.29) is 29.1 Å². The normalized spacial score (nSPS) is 25.9. The highest BCUT2D eigenvalue weighted by molar-refractivity contribution is 5.73. The molecular formula is C33H49FN4O2. The third-order valence-electron chi connectivity index (χ3n) is 10.8. The molecule has 2 aromatic rings. The van der Waals surface area contributed by atoms with Gasteiger partial charge in [-0.2, -0.15) is 5.10 Å². The van der Waals surface area contributed by atoms with Crippen LogP contribution in [0.2, 0.25) is 0 Å². The maximum absolute atomic E-state index is 14.3. The summed E-state index contributed by atoms with van der Waals surface area (Å²) in [5.41, 5.74) is 5.67. The van der Waals surface area contributed by atoms with Crippen LogP contribution in [0.1, 0.15) is 94.7 Å². The number of halogens is 1. The lowest BCUT2D eigenvalue weighted by Gasteiger charge is -2.41. The standard InChI is InChI=1S/C33H49FN4O2/c1-6-22(4)30(32(39)40)36(5)26-19-24(28(20-26)23-10-9-11-25(34)18-23)21-37-16-14-33(15-17-37)13-12-27-29(7-2)35-38(8-3)31(27)33/h9-11,18,22,24,26,28,30H,6-8,12-17,19-21H2,1-5H3,(H,39,40)/t22?,24-,26+,28-,30-/m1/s1. The Morgan fingerprint density at radius 2 is 1.95 bits per heavy atom. The Hall–Kier alpha value is -2.25. The van der Waals surface area contributed by atoms with Gasteiger partial charge in [0.25, 0.3) is 0 Å². The van der Waals surface area contributed by atoms with Gasteiger partial charge in [-0.3, -0.25) is 14.4 Å². The summed E-state index contributed by atoms with van der Waals surface area (Å²) < 4.78 is 16.6. The van der Waals surface area contributed by atoms with Crippen molar-refractivity contribution in [2.45, 2.75) is 109 Å². The molecule has 1 aromatic heterocycles. The summed E-state index contributed by atoms with van der Waals surface area (Å²) in [5.74, 6) is -0.239. The van der Waals surface area contributed by atoms with Crippen LogP contribution in [0.25, 0.3) is 0 Å².